The number of hydrogen-bond acceptors (Lipinski definition) is 6. The number of hydrogen-bond donors (Lipinski definition) is 2. The number of likely N-dealkylation sites (tertiary alicyclic amines) is 1. The second-order valence-electron chi connectivity index (χ2n) is 6.94. The molecule has 2 N–H and O–H groups in total. The third-order valence-corrected chi connectivity index (χ3v) is 4.94. The maximum absolute atomic E-state index is 12.4. The van der Waals surface area contributed by atoms with Gasteiger partial charge >= 0.3 is 0 Å². The molecule has 3 rings (SSSR count). The Balaban J connectivity index is 1.41. The molecule has 0 radical (unpaired) electrons. The molecule has 0 saturated carbocycles. The minimum Gasteiger partial charge on any atom is -0.379 e. The number of rotatable bonds is 7. The van der Waals surface area contributed by atoms with Crippen molar-refractivity contribution in [2.24, 2.45) is 5.92 Å². The monoisotopic (exact) mass is 364 g/mol. The SMILES string of the molecule is Cc1nc(CNC(=O)[C@H]2CCC(=O)N(CCCN3CCOCC3)C2)n[nH]1. The molecule has 2 saturated heterocycles. The molecule has 26 heavy (non-hydrogen) atoms. The van der Waals surface area contributed by atoms with Crippen LogP contribution >= 0.6 is 0 Å². The van der Waals surface area contributed by atoms with Crippen LogP contribution in [0, 0.1) is 12.8 Å². The molecule has 2 amide bonds. The highest BCUT2D eigenvalue weighted by atomic mass is 16.5. The van der Waals surface area contributed by atoms with E-state index < -0.39 is 0 Å². The molecule has 1 atom stereocenters. The number of nitrogens with zero attached hydrogens (tertiary/aromatic N) is 4. The Labute approximate surface area is 153 Å². The minimum atomic E-state index is -0.156. The minimum absolute atomic E-state index is 0.0295. The van der Waals surface area contributed by atoms with Gasteiger partial charge in [-0.3, -0.25) is 19.6 Å². The number of morpholine rings is 1. The highest BCUT2D eigenvalue weighted by Crippen LogP contribution is 2.18. The van der Waals surface area contributed by atoms with E-state index in [9.17, 15) is 9.59 Å². The fraction of sp³-hybridized carbons (Fsp3) is 0.765. The fourth-order valence-corrected chi connectivity index (χ4v) is 3.43. The lowest BCUT2D eigenvalue weighted by molar-refractivity contribution is -0.138. The topological polar surface area (TPSA) is 103 Å². The van der Waals surface area contributed by atoms with Crippen LogP contribution in [0.2, 0.25) is 0 Å². The van der Waals surface area contributed by atoms with Crippen LogP contribution in [0.3, 0.4) is 0 Å². The van der Waals surface area contributed by atoms with Gasteiger partial charge in [-0.15, -0.1) is 0 Å². The lowest BCUT2D eigenvalue weighted by Crippen LogP contribution is -2.46. The van der Waals surface area contributed by atoms with Crippen molar-refractivity contribution >= 4 is 11.8 Å². The maximum atomic E-state index is 12.4. The first-order valence-electron chi connectivity index (χ1n) is 9.35. The molecule has 1 aromatic rings. The Hall–Kier alpha value is -2.00. The van der Waals surface area contributed by atoms with E-state index in [1.807, 2.05) is 11.8 Å². The van der Waals surface area contributed by atoms with Crippen molar-refractivity contribution in [2.45, 2.75) is 32.7 Å². The van der Waals surface area contributed by atoms with Gasteiger partial charge in [0.1, 0.15) is 5.82 Å². The number of aryl methyl sites for hydroxylation is 1. The largest absolute Gasteiger partial charge is 0.379 e. The van der Waals surface area contributed by atoms with Gasteiger partial charge in [0.15, 0.2) is 5.82 Å². The van der Waals surface area contributed by atoms with Gasteiger partial charge in [-0.25, -0.2) is 4.98 Å². The zero-order valence-corrected chi connectivity index (χ0v) is 15.4. The van der Waals surface area contributed by atoms with Crippen LogP contribution in [0.4, 0.5) is 0 Å². The van der Waals surface area contributed by atoms with Gasteiger partial charge < -0.3 is 15.0 Å². The molecular formula is C17H28N6O3. The van der Waals surface area contributed by atoms with Crippen molar-refractivity contribution in [1.29, 1.82) is 0 Å². The first-order chi connectivity index (χ1) is 12.6. The zero-order valence-electron chi connectivity index (χ0n) is 15.4. The molecule has 9 nitrogen and oxygen atoms in total. The lowest BCUT2D eigenvalue weighted by atomic mass is 9.96. The second-order valence-corrected chi connectivity index (χ2v) is 6.94. The van der Waals surface area contributed by atoms with E-state index in [0.29, 0.717) is 38.3 Å². The van der Waals surface area contributed by atoms with E-state index in [4.69, 9.17) is 4.74 Å². The van der Waals surface area contributed by atoms with Crippen LogP contribution in [-0.2, 0) is 20.9 Å². The van der Waals surface area contributed by atoms with Crippen LogP contribution in [0.25, 0.3) is 0 Å². The summed E-state index contributed by atoms with van der Waals surface area (Å²) < 4.78 is 5.35. The summed E-state index contributed by atoms with van der Waals surface area (Å²) in [4.78, 5) is 33.0. The Morgan fingerprint density at radius 2 is 2.15 bits per heavy atom. The van der Waals surface area contributed by atoms with E-state index in [1.54, 1.807) is 0 Å². The molecule has 2 aliphatic heterocycles. The molecule has 0 aromatic carbocycles. The third kappa shape index (κ3) is 5.25. The number of piperidine rings is 1. The Morgan fingerprint density at radius 3 is 2.88 bits per heavy atom. The first kappa shape index (κ1) is 18.8. The average Bonchev–Trinajstić information content (AvgIpc) is 3.07. The molecule has 2 fully saturated rings. The molecule has 3 heterocycles. The predicted octanol–water partition coefficient (Wildman–Crippen LogP) is -0.310. The molecule has 1 aromatic heterocycles. The van der Waals surface area contributed by atoms with E-state index in [1.165, 1.54) is 0 Å². The molecule has 144 valence electrons. The van der Waals surface area contributed by atoms with Crippen molar-refractivity contribution in [1.82, 2.24) is 30.3 Å². The summed E-state index contributed by atoms with van der Waals surface area (Å²) in [5.41, 5.74) is 0. The molecule has 0 bridgehead atoms. The van der Waals surface area contributed by atoms with Crippen molar-refractivity contribution in [3.8, 4) is 0 Å². The third-order valence-electron chi connectivity index (χ3n) is 4.94. The maximum Gasteiger partial charge on any atom is 0.225 e. The number of amides is 2. The molecular weight excluding hydrogens is 336 g/mol. The normalized spacial score (nSPS) is 21.8. The van der Waals surface area contributed by atoms with Crippen LogP contribution in [-0.4, -0.2) is 82.7 Å². The van der Waals surface area contributed by atoms with Crippen molar-refractivity contribution < 1.29 is 14.3 Å². The van der Waals surface area contributed by atoms with E-state index in [-0.39, 0.29) is 17.7 Å². The van der Waals surface area contributed by atoms with E-state index >= 15 is 0 Å². The number of carbonyl (C=O) groups excluding carboxylic acids is 2. The summed E-state index contributed by atoms with van der Waals surface area (Å²) in [5, 5.41) is 9.65. The molecule has 0 aliphatic carbocycles. The summed E-state index contributed by atoms with van der Waals surface area (Å²) in [7, 11) is 0. The standard InChI is InChI=1S/C17H28N6O3/c1-13-19-15(21-20-13)11-18-17(25)14-3-4-16(24)23(12-14)6-2-5-22-7-9-26-10-8-22/h14H,2-12H2,1H3,(H,18,25)(H,19,20,21)/t14-/m0/s1. The van der Waals surface area contributed by atoms with Crippen LogP contribution < -0.4 is 5.32 Å². The quantitative estimate of drug-likeness (QED) is 0.688. The highest BCUT2D eigenvalue weighted by molar-refractivity contribution is 5.83. The van der Waals surface area contributed by atoms with Gasteiger partial charge in [0.2, 0.25) is 11.8 Å². The van der Waals surface area contributed by atoms with Crippen LogP contribution in [0.1, 0.15) is 30.9 Å². The van der Waals surface area contributed by atoms with Gasteiger partial charge in [-0.1, -0.05) is 0 Å². The van der Waals surface area contributed by atoms with Crippen molar-refractivity contribution in [2.75, 3.05) is 45.9 Å². The van der Waals surface area contributed by atoms with Crippen molar-refractivity contribution in [3.05, 3.63) is 11.6 Å². The van der Waals surface area contributed by atoms with E-state index in [0.717, 1.165) is 45.1 Å². The van der Waals surface area contributed by atoms with Crippen LogP contribution in [0.5, 0.6) is 0 Å². The van der Waals surface area contributed by atoms with Crippen LogP contribution in [0.15, 0.2) is 0 Å². The number of aromatic nitrogens is 3. The number of carbonyl (C=O) groups is 2. The Kier molecular flexibility index (Phi) is 6.56. The summed E-state index contributed by atoms with van der Waals surface area (Å²) in [6, 6.07) is 0. The first-order valence-corrected chi connectivity index (χ1v) is 9.35. The second kappa shape index (κ2) is 9.09. The summed E-state index contributed by atoms with van der Waals surface area (Å²) >= 11 is 0. The number of nitrogens with one attached hydrogen (secondary N) is 2. The van der Waals surface area contributed by atoms with Crippen molar-refractivity contribution in [3.63, 3.8) is 0 Å². The van der Waals surface area contributed by atoms with E-state index in [2.05, 4.69) is 25.4 Å². The summed E-state index contributed by atoms with van der Waals surface area (Å²) in [6.45, 7) is 7.80. The molecule has 0 unspecified atom stereocenters. The Bertz CT molecular complexity index is 613. The molecule has 2 aliphatic rings. The smallest absolute Gasteiger partial charge is 0.225 e. The highest BCUT2D eigenvalue weighted by Gasteiger charge is 2.30. The lowest BCUT2D eigenvalue weighted by Gasteiger charge is -2.33. The Morgan fingerprint density at radius 1 is 1.35 bits per heavy atom. The zero-order chi connectivity index (χ0) is 18.4. The molecule has 0 spiro atoms. The fourth-order valence-electron chi connectivity index (χ4n) is 3.43. The average molecular weight is 364 g/mol. The molecule has 9 heteroatoms. The van der Waals surface area contributed by atoms with Gasteiger partial charge in [0, 0.05) is 39.1 Å². The number of ether oxygens (including phenoxy) is 1. The van der Waals surface area contributed by atoms with Gasteiger partial charge in [-0.05, 0) is 19.8 Å². The number of aromatic amines is 1. The summed E-state index contributed by atoms with van der Waals surface area (Å²) in [6.07, 6.45) is 1.98. The van der Waals surface area contributed by atoms with Gasteiger partial charge in [-0.2, -0.15) is 5.10 Å². The predicted molar refractivity (Wildman–Crippen MR) is 94.1 cm³/mol. The van der Waals surface area contributed by atoms with Gasteiger partial charge in [0.05, 0.1) is 25.7 Å². The number of H-pyrrole nitrogens is 1. The summed E-state index contributed by atoms with van der Waals surface area (Å²) in [5.74, 6) is 1.27. The van der Waals surface area contributed by atoms with Gasteiger partial charge in [0.25, 0.3) is 0 Å².